The Morgan fingerprint density at radius 1 is 0.841 bits per heavy atom. The van der Waals surface area contributed by atoms with Gasteiger partial charge in [-0.3, -0.25) is 4.99 Å². The van der Waals surface area contributed by atoms with E-state index in [0.29, 0.717) is 12.1 Å². The van der Waals surface area contributed by atoms with E-state index >= 15 is 0 Å². The van der Waals surface area contributed by atoms with Gasteiger partial charge in [0, 0.05) is 53.0 Å². The Labute approximate surface area is 274 Å². The monoisotopic (exact) mass is 662 g/mol. The topological polar surface area (TPSA) is 74.8 Å². The molecule has 0 unspecified atom stereocenters. The maximum Gasteiger partial charge on any atom is 0.336 e. The number of aromatic carboxylic acids is 1. The number of fused-ring (bicyclic) bond motifs is 2. The van der Waals surface area contributed by atoms with Gasteiger partial charge in [-0.2, -0.15) is 0 Å². The van der Waals surface area contributed by atoms with Gasteiger partial charge < -0.3 is 14.8 Å². The molecule has 2 aromatic rings. The summed E-state index contributed by atoms with van der Waals surface area (Å²) in [4.78, 5) is 17.4. The number of carboxylic acid groups (broad SMARTS) is 1. The minimum atomic E-state index is -0.905. The van der Waals surface area contributed by atoms with E-state index in [1.165, 1.54) is 51.4 Å². The molecule has 0 fully saturated rings. The average Bonchev–Trinajstić information content (AvgIpc) is 2.98. The second-order valence-corrected chi connectivity index (χ2v) is 11.9. The number of aryl methyl sites for hydroxylation is 3. The predicted molar refractivity (Wildman–Crippen MR) is 191 cm³/mol. The van der Waals surface area contributed by atoms with E-state index < -0.39 is 5.97 Å². The van der Waals surface area contributed by atoms with Crippen LogP contribution >= 0.6 is 17.0 Å². The van der Waals surface area contributed by atoms with Crippen LogP contribution in [0.15, 0.2) is 51.9 Å². The third-order valence-corrected chi connectivity index (χ3v) is 8.51. The Balaban J connectivity index is 0.00000529. The predicted octanol–water partition coefficient (Wildman–Crippen LogP) is 10.9. The molecule has 0 spiro atoms. The van der Waals surface area contributed by atoms with E-state index in [1.54, 1.807) is 6.07 Å². The number of hydrogen-bond donors (Lipinski definition) is 2. The molecule has 0 bridgehead atoms. The molecular weight excluding hydrogens is 612 g/mol. The number of rotatable bonds is 16. The van der Waals surface area contributed by atoms with Crippen LogP contribution in [-0.2, 0) is 6.42 Å². The number of hydrogen-bond acceptors (Lipinski definition) is 4. The van der Waals surface area contributed by atoms with Gasteiger partial charge in [0.2, 0.25) is 0 Å². The zero-order chi connectivity index (χ0) is 30.8. The zero-order valence-corrected chi connectivity index (χ0v) is 29.1. The summed E-state index contributed by atoms with van der Waals surface area (Å²) in [6, 6.07) is 14.1. The molecule has 0 saturated carbocycles. The lowest BCUT2D eigenvalue weighted by atomic mass is 9.85. The molecule has 0 radical (unpaired) electrons. The van der Waals surface area contributed by atoms with E-state index in [9.17, 15) is 9.90 Å². The number of halogens is 1. The fourth-order valence-corrected chi connectivity index (χ4v) is 6.26. The number of carboxylic acids is 1. The summed E-state index contributed by atoms with van der Waals surface area (Å²) in [5.74, 6) is -0.186. The van der Waals surface area contributed by atoms with E-state index in [2.05, 4.69) is 62.3 Å². The highest BCUT2D eigenvalue weighted by molar-refractivity contribution is 8.93. The summed E-state index contributed by atoms with van der Waals surface area (Å²) in [7, 11) is 0. The first kappa shape index (κ1) is 35.4. The number of nitrogens with one attached hydrogen (secondary N) is 1. The fraction of sp³-hybridized carbons (Fsp3) is 0.474. The van der Waals surface area contributed by atoms with Crippen molar-refractivity contribution < 1.29 is 14.3 Å². The SMILES string of the molecule is Br.CCCCCCCCCCCCc1cccc(C(=O)O)c1-c1c2cc(C)c(=NCC)cc-2oc2cc(NCC)c(C)cc12. The smallest absolute Gasteiger partial charge is 0.336 e. The van der Waals surface area contributed by atoms with Crippen LogP contribution in [0.3, 0.4) is 0 Å². The van der Waals surface area contributed by atoms with Gasteiger partial charge in [0.05, 0.1) is 10.9 Å². The highest BCUT2D eigenvalue weighted by Gasteiger charge is 2.25. The minimum absolute atomic E-state index is 0. The van der Waals surface area contributed by atoms with Crippen molar-refractivity contribution in [3.63, 3.8) is 0 Å². The molecule has 0 amide bonds. The number of nitrogens with zero attached hydrogens (tertiary/aromatic N) is 1. The third kappa shape index (κ3) is 8.53. The second-order valence-electron chi connectivity index (χ2n) is 11.9. The van der Waals surface area contributed by atoms with Crippen LogP contribution in [0.4, 0.5) is 5.69 Å². The number of benzene rings is 3. The Morgan fingerprint density at radius 3 is 2.16 bits per heavy atom. The highest BCUT2D eigenvalue weighted by Crippen LogP contribution is 2.44. The van der Waals surface area contributed by atoms with Crippen LogP contribution < -0.4 is 10.7 Å². The fourth-order valence-electron chi connectivity index (χ4n) is 6.26. The van der Waals surface area contributed by atoms with Crippen LogP contribution in [0.25, 0.3) is 33.4 Å². The lowest BCUT2D eigenvalue weighted by molar-refractivity contribution is 0.0697. The standard InChI is InChI=1S/C38H50N2O3.BrH/c1-6-9-10-11-12-13-14-15-16-17-19-28-20-18-21-29(38(41)42)36(28)37-30-22-26(4)32(39-7-2)24-34(30)43-35-25-33(40-8-3)27(5)23-31(35)37;/h18,20-25,39H,6-17,19H2,1-5H3,(H,41,42);1H. The summed E-state index contributed by atoms with van der Waals surface area (Å²) >= 11 is 0. The van der Waals surface area contributed by atoms with E-state index in [-0.39, 0.29) is 17.0 Å². The molecule has 1 aliphatic carbocycles. The van der Waals surface area contributed by atoms with Crippen molar-refractivity contribution in [2.75, 3.05) is 18.4 Å². The van der Waals surface area contributed by atoms with E-state index in [1.807, 2.05) is 19.1 Å². The number of anilines is 1. The van der Waals surface area contributed by atoms with Crippen LogP contribution in [0, 0.1) is 13.8 Å². The summed E-state index contributed by atoms with van der Waals surface area (Å²) in [6.07, 6.45) is 13.6. The van der Waals surface area contributed by atoms with Gasteiger partial charge in [-0.25, -0.2) is 4.79 Å². The molecule has 5 nitrogen and oxygen atoms in total. The lowest BCUT2D eigenvalue weighted by Crippen LogP contribution is -2.10. The molecule has 0 atom stereocenters. The summed E-state index contributed by atoms with van der Waals surface area (Å²) in [5.41, 5.74) is 8.01. The molecule has 2 N–H and O–H groups in total. The summed E-state index contributed by atoms with van der Waals surface area (Å²) in [5, 5.41) is 15.7. The molecule has 44 heavy (non-hydrogen) atoms. The summed E-state index contributed by atoms with van der Waals surface area (Å²) in [6.45, 7) is 12.0. The molecule has 4 rings (SSSR count). The normalized spacial score (nSPS) is 11.7. The quantitative estimate of drug-likeness (QED) is 0.0924. The van der Waals surface area contributed by atoms with Crippen molar-refractivity contribution in [2.45, 2.75) is 105 Å². The van der Waals surface area contributed by atoms with Crippen LogP contribution in [0.5, 0.6) is 0 Å². The molecule has 2 aliphatic rings. The first-order chi connectivity index (χ1) is 20.9. The maximum atomic E-state index is 12.7. The van der Waals surface area contributed by atoms with Crippen LogP contribution in [-0.4, -0.2) is 24.2 Å². The largest absolute Gasteiger partial charge is 0.478 e. The molecule has 6 heteroatoms. The molecule has 1 heterocycles. The first-order valence-corrected chi connectivity index (χ1v) is 16.5. The van der Waals surface area contributed by atoms with Gasteiger partial charge in [0.1, 0.15) is 11.3 Å². The van der Waals surface area contributed by atoms with Crippen molar-refractivity contribution >= 4 is 39.6 Å². The van der Waals surface area contributed by atoms with Gasteiger partial charge >= 0.3 is 5.97 Å². The van der Waals surface area contributed by atoms with Crippen LogP contribution in [0.1, 0.15) is 112 Å². The lowest BCUT2D eigenvalue weighted by Gasteiger charge is -2.21. The van der Waals surface area contributed by atoms with Gasteiger partial charge in [-0.1, -0.05) is 76.8 Å². The zero-order valence-electron chi connectivity index (χ0n) is 27.4. The van der Waals surface area contributed by atoms with Crippen molar-refractivity contribution in [2.24, 2.45) is 4.99 Å². The Kier molecular flexibility index (Phi) is 14.0. The molecule has 238 valence electrons. The Bertz CT molecular complexity index is 1570. The van der Waals surface area contributed by atoms with Crippen molar-refractivity contribution in [1.29, 1.82) is 0 Å². The molecule has 0 aromatic heterocycles. The third-order valence-electron chi connectivity index (χ3n) is 8.51. The molecule has 0 saturated heterocycles. The van der Waals surface area contributed by atoms with Crippen LogP contribution in [0.2, 0.25) is 0 Å². The van der Waals surface area contributed by atoms with Gasteiger partial charge in [0.15, 0.2) is 0 Å². The minimum Gasteiger partial charge on any atom is -0.478 e. The van der Waals surface area contributed by atoms with E-state index in [0.717, 1.165) is 87.0 Å². The number of carbonyl (C=O) groups is 1. The van der Waals surface area contributed by atoms with Gasteiger partial charge in [0.25, 0.3) is 0 Å². The number of unbranched alkanes of at least 4 members (excludes halogenated alkanes) is 9. The van der Waals surface area contributed by atoms with Crippen molar-refractivity contribution in [1.82, 2.24) is 0 Å². The second kappa shape index (κ2) is 17.4. The Morgan fingerprint density at radius 2 is 1.52 bits per heavy atom. The molecular formula is C38H51BrN2O3. The first-order valence-electron chi connectivity index (χ1n) is 16.5. The van der Waals surface area contributed by atoms with Crippen molar-refractivity contribution in [3.05, 3.63) is 70.1 Å². The Hall–Kier alpha value is -3.12. The molecule has 2 aromatic carbocycles. The van der Waals surface area contributed by atoms with Crippen molar-refractivity contribution in [3.8, 4) is 22.5 Å². The van der Waals surface area contributed by atoms with Gasteiger partial charge in [-0.15, -0.1) is 17.0 Å². The maximum absolute atomic E-state index is 12.7. The highest BCUT2D eigenvalue weighted by atomic mass is 79.9. The molecule has 1 aliphatic heterocycles. The van der Waals surface area contributed by atoms with Gasteiger partial charge in [-0.05, 0) is 75.4 Å². The average molecular weight is 664 g/mol. The summed E-state index contributed by atoms with van der Waals surface area (Å²) < 4.78 is 6.55. The van der Waals surface area contributed by atoms with E-state index in [4.69, 9.17) is 4.42 Å².